The monoisotopic (exact) mass is 354 g/mol. The Balaban J connectivity index is 1.43. The zero-order valence-electron chi connectivity index (χ0n) is 14.5. The van der Waals surface area contributed by atoms with E-state index in [9.17, 15) is 4.79 Å². The van der Waals surface area contributed by atoms with Crippen molar-refractivity contribution in [3.05, 3.63) is 29.8 Å². The van der Waals surface area contributed by atoms with Gasteiger partial charge in [-0.3, -0.25) is 4.79 Å². The lowest BCUT2D eigenvalue weighted by atomic mass is 10.2. The van der Waals surface area contributed by atoms with Crippen molar-refractivity contribution in [3.63, 3.8) is 0 Å². The molecule has 4 N–H and O–H groups in total. The molecule has 0 radical (unpaired) electrons. The van der Waals surface area contributed by atoms with Crippen LogP contribution in [0.3, 0.4) is 0 Å². The number of hydrogen-bond acceptors (Lipinski definition) is 8. The van der Waals surface area contributed by atoms with Gasteiger partial charge in [-0.15, -0.1) is 0 Å². The van der Waals surface area contributed by atoms with Crippen molar-refractivity contribution in [1.82, 2.24) is 24.8 Å². The van der Waals surface area contributed by atoms with E-state index in [1.165, 1.54) is 0 Å². The van der Waals surface area contributed by atoms with Crippen LogP contribution in [0.4, 0.5) is 17.6 Å². The predicted octanol–water partition coefficient (Wildman–Crippen LogP) is 0.661. The van der Waals surface area contributed by atoms with Crippen LogP contribution in [-0.4, -0.2) is 56.9 Å². The number of carbonyl (C=O) groups is 1. The summed E-state index contributed by atoms with van der Waals surface area (Å²) in [6, 6.07) is 1.71. The lowest BCUT2D eigenvalue weighted by molar-refractivity contribution is 0.0766. The van der Waals surface area contributed by atoms with Crippen molar-refractivity contribution >= 4 is 23.5 Å². The standard InChI is InChI=1S/C17H22N8O/c18-13-8-14(23-17(19)22-13)24-4-1-5-25(7-6-24)16(26)12-9-20-15(21-10-12)11-2-3-11/h8-11H,1-7H2,(H4,18,19,22,23). The molecule has 2 aromatic heterocycles. The molecule has 0 bridgehead atoms. The summed E-state index contributed by atoms with van der Waals surface area (Å²) >= 11 is 0. The van der Waals surface area contributed by atoms with Gasteiger partial charge in [0, 0.05) is 50.6 Å². The number of carbonyl (C=O) groups excluding carboxylic acids is 1. The Kier molecular flexibility index (Phi) is 4.27. The normalized spacial score (nSPS) is 17.8. The summed E-state index contributed by atoms with van der Waals surface area (Å²) in [5.74, 6) is 2.50. The molecule has 1 saturated carbocycles. The minimum atomic E-state index is -0.0316. The lowest BCUT2D eigenvalue weighted by Crippen LogP contribution is -2.35. The second-order valence-electron chi connectivity index (χ2n) is 6.75. The molecule has 9 heteroatoms. The highest BCUT2D eigenvalue weighted by atomic mass is 16.2. The highest BCUT2D eigenvalue weighted by Gasteiger charge is 2.27. The number of nitrogens with two attached hydrogens (primary N) is 2. The van der Waals surface area contributed by atoms with E-state index in [-0.39, 0.29) is 11.9 Å². The van der Waals surface area contributed by atoms with Gasteiger partial charge < -0.3 is 21.3 Å². The van der Waals surface area contributed by atoms with Gasteiger partial charge in [-0.2, -0.15) is 9.97 Å². The predicted molar refractivity (Wildman–Crippen MR) is 97.6 cm³/mol. The molecule has 0 spiro atoms. The number of rotatable bonds is 3. The molecule has 1 amide bonds. The number of anilines is 3. The Morgan fingerprint density at radius 2 is 1.81 bits per heavy atom. The number of aromatic nitrogens is 4. The number of amides is 1. The maximum absolute atomic E-state index is 12.8. The van der Waals surface area contributed by atoms with Gasteiger partial charge in [0.1, 0.15) is 17.5 Å². The summed E-state index contributed by atoms with van der Waals surface area (Å²) in [5, 5.41) is 0. The zero-order valence-corrected chi connectivity index (χ0v) is 14.5. The van der Waals surface area contributed by atoms with Crippen molar-refractivity contribution in [2.45, 2.75) is 25.2 Å². The molecule has 9 nitrogen and oxygen atoms in total. The molecule has 2 aliphatic rings. The van der Waals surface area contributed by atoms with Crippen molar-refractivity contribution in [2.24, 2.45) is 0 Å². The quantitative estimate of drug-likeness (QED) is 0.823. The molecular formula is C17H22N8O. The first-order chi connectivity index (χ1) is 12.6. The molecule has 3 heterocycles. The topological polar surface area (TPSA) is 127 Å². The Hall–Kier alpha value is -2.97. The van der Waals surface area contributed by atoms with Crippen molar-refractivity contribution in [1.29, 1.82) is 0 Å². The molecule has 26 heavy (non-hydrogen) atoms. The molecule has 1 aliphatic carbocycles. The third kappa shape index (κ3) is 3.51. The molecule has 1 aliphatic heterocycles. The first-order valence-electron chi connectivity index (χ1n) is 8.86. The van der Waals surface area contributed by atoms with Gasteiger partial charge in [0.2, 0.25) is 5.95 Å². The molecule has 0 unspecified atom stereocenters. The fourth-order valence-electron chi connectivity index (χ4n) is 3.17. The number of nitrogen functional groups attached to an aromatic ring is 2. The summed E-state index contributed by atoms with van der Waals surface area (Å²) in [5.41, 5.74) is 12.0. The molecule has 4 rings (SSSR count). The van der Waals surface area contributed by atoms with E-state index >= 15 is 0 Å². The van der Waals surface area contributed by atoms with Crippen molar-refractivity contribution in [3.8, 4) is 0 Å². The molecule has 0 atom stereocenters. The van der Waals surface area contributed by atoms with Gasteiger partial charge in [-0.1, -0.05) is 0 Å². The molecular weight excluding hydrogens is 332 g/mol. The first-order valence-corrected chi connectivity index (χ1v) is 8.86. The number of nitrogens with zero attached hydrogens (tertiary/aromatic N) is 6. The van der Waals surface area contributed by atoms with Crippen LogP contribution in [0.15, 0.2) is 18.5 Å². The molecule has 2 fully saturated rings. The summed E-state index contributed by atoms with van der Waals surface area (Å²) in [7, 11) is 0. The fourth-order valence-corrected chi connectivity index (χ4v) is 3.17. The average Bonchev–Trinajstić information content (AvgIpc) is 3.47. The van der Waals surface area contributed by atoms with E-state index in [1.807, 2.05) is 4.90 Å². The van der Waals surface area contributed by atoms with E-state index in [2.05, 4.69) is 24.8 Å². The van der Waals surface area contributed by atoms with E-state index in [4.69, 9.17) is 11.5 Å². The Bertz CT molecular complexity index is 785. The van der Waals surface area contributed by atoms with Crippen molar-refractivity contribution in [2.75, 3.05) is 42.5 Å². The highest BCUT2D eigenvalue weighted by molar-refractivity contribution is 5.93. The van der Waals surface area contributed by atoms with Crippen LogP contribution in [0, 0.1) is 0 Å². The average molecular weight is 354 g/mol. The zero-order chi connectivity index (χ0) is 18.1. The second kappa shape index (κ2) is 6.74. The largest absolute Gasteiger partial charge is 0.383 e. The highest BCUT2D eigenvalue weighted by Crippen LogP contribution is 2.37. The smallest absolute Gasteiger partial charge is 0.257 e. The van der Waals surface area contributed by atoms with Gasteiger partial charge in [0.05, 0.1) is 5.56 Å². The van der Waals surface area contributed by atoms with E-state index in [1.54, 1.807) is 18.5 Å². The third-order valence-electron chi connectivity index (χ3n) is 4.72. The van der Waals surface area contributed by atoms with Crippen LogP contribution in [0.2, 0.25) is 0 Å². The first kappa shape index (κ1) is 16.5. The number of hydrogen-bond donors (Lipinski definition) is 2. The minimum Gasteiger partial charge on any atom is -0.383 e. The molecule has 2 aromatic rings. The van der Waals surface area contributed by atoms with Crippen LogP contribution in [0.1, 0.15) is 41.4 Å². The molecule has 1 saturated heterocycles. The van der Waals surface area contributed by atoms with Gasteiger partial charge in [0.25, 0.3) is 5.91 Å². The van der Waals surface area contributed by atoms with E-state index < -0.39 is 0 Å². The van der Waals surface area contributed by atoms with E-state index in [0.717, 1.165) is 31.6 Å². The van der Waals surface area contributed by atoms with Crippen LogP contribution in [-0.2, 0) is 0 Å². The van der Waals surface area contributed by atoms with Crippen LogP contribution >= 0.6 is 0 Å². The third-order valence-corrected chi connectivity index (χ3v) is 4.72. The summed E-state index contributed by atoms with van der Waals surface area (Å²) in [6.07, 6.45) is 6.42. The Morgan fingerprint density at radius 1 is 1.04 bits per heavy atom. The van der Waals surface area contributed by atoms with Crippen LogP contribution in [0.5, 0.6) is 0 Å². The maximum Gasteiger partial charge on any atom is 0.257 e. The Labute approximate surface area is 151 Å². The fraction of sp³-hybridized carbons (Fsp3) is 0.471. The van der Waals surface area contributed by atoms with Gasteiger partial charge in [-0.05, 0) is 19.3 Å². The lowest BCUT2D eigenvalue weighted by Gasteiger charge is -2.23. The summed E-state index contributed by atoms with van der Waals surface area (Å²) in [6.45, 7) is 2.70. The molecule has 136 valence electrons. The van der Waals surface area contributed by atoms with E-state index in [0.29, 0.717) is 42.8 Å². The minimum absolute atomic E-state index is 0.0316. The Morgan fingerprint density at radius 3 is 2.50 bits per heavy atom. The van der Waals surface area contributed by atoms with Crippen LogP contribution in [0.25, 0.3) is 0 Å². The van der Waals surface area contributed by atoms with Gasteiger partial charge in [-0.25, -0.2) is 9.97 Å². The van der Waals surface area contributed by atoms with Crippen molar-refractivity contribution < 1.29 is 4.79 Å². The summed E-state index contributed by atoms with van der Waals surface area (Å²) < 4.78 is 0. The second-order valence-corrected chi connectivity index (χ2v) is 6.75. The SMILES string of the molecule is Nc1cc(N2CCCN(C(=O)c3cnc(C4CC4)nc3)CC2)nc(N)n1. The van der Waals surface area contributed by atoms with Gasteiger partial charge in [0.15, 0.2) is 0 Å². The van der Waals surface area contributed by atoms with Gasteiger partial charge >= 0.3 is 0 Å². The van der Waals surface area contributed by atoms with Crippen LogP contribution < -0.4 is 16.4 Å². The maximum atomic E-state index is 12.8. The molecule has 0 aromatic carbocycles. The summed E-state index contributed by atoms with van der Waals surface area (Å²) in [4.78, 5) is 33.5.